The largest absolute Gasteiger partial charge is 0.510 e. The van der Waals surface area contributed by atoms with Crippen LogP contribution in [0.2, 0.25) is 5.54 Å². The molecule has 0 N–H and O–H groups in total. The molecule has 1 rings (SSSR count). The molecule has 0 aliphatic carbocycles. The summed E-state index contributed by atoms with van der Waals surface area (Å²) in [4.78, 5) is 0. The average molecular weight is 304 g/mol. The predicted octanol–water partition coefficient (Wildman–Crippen LogP) is 2.39. The monoisotopic (exact) mass is 304 g/mol. The molecular weight excluding hydrogens is 276 g/mol. The Bertz CT molecular complexity index is 281. The zero-order valence-electron chi connectivity index (χ0n) is 13.3. The van der Waals surface area contributed by atoms with Crippen LogP contribution in [0.5, 0.6) is 0 Å². The summed E-state index contributed by atoms with van der Waals surface area (Å²) in [5.74, 6) is 0. The Kier molecular flexibility index (Phi) is 7.94. The van der Waals surface area contributed by atoms with Gasteiger partial charge < -0.3 is 22.8 Å². The van der Waals surface area contributed by atoms with Crippen molar-refractivity contribution in [1.82, 2.24) is 0 Å². The van der Waals surface area contributed by atoms with E-state index in [1.807, 2.05) is 0 Å². The molecule has 0 amide bonds. The van der Waals surface area contributed by atoms with E-state index in [0.717, 1.165) is 19.4 Å². The molecule has 6 heteroatoms. The Hall–Kier alpha value is -0.243. The van der Waals surface area contributed by atoms with Gasteiger partial charge in [-0.05, 0) is 12.8 Å². The van der Waals surface area contributed by atoms with E-state index >= 15 is 0 Å². The van der Waals surface area contributed by atoms with Crippen molar-refractivity contribution >= 4 is 8.80 Å². The van der Waals surface area contributed by atoms with E-state index in [1.54, 1.807) is 21.3 Å². The highest BCUT2D eigenvalue weighted by Crippen LogP contribution is 2.33. The van der Waals surface area contributed by atoms with E-state index < -0.39 is 8.80 Å². The number of rotatable bonds is 11. The Morgan fingerprint density at radius 2 is 1.80 bits per heavy atom. The van der Waals surface area contributed by atoms with Gasteiger partial charge in [-0.1, -0.05) is 26.0 Å². The van der Waals surface area contributed by atoms with E-state index in [0.29, 0.717) is 6.61 Å². The molecule has 0 bridgehead atoms. The van der Waals surface area contributed by atoms with Gasteiger partial charge in [0.2, 0.25) is 0 Å². The second-order valence-electron chi connectivity index (χ2n) is 4.81. The summed E-state index contributed by atoms with van der Waals surface area (Å²) in [7, 11) is 2.15. The molecule has 3 atom stereocenters. The molecule has 1 aliphatic heterocycles. The third-order valence-electron chi connectivity index (χ3n) is 3.54. The number of ether oxygens (including phenoxy) is 2. The molecule has 0 saturated carbocycles. The van der Waals surface area contributed by atoms with Crippen molar-refractivity contribution in [2.75, 3.05) is 34.5 Å². The Morgan fingerprint density at radius 1 is 1.20 bits per heavy atom. The molecule has 1 heterocycles. The summed E-state index contributed by atoms with van der Waals surface area (Å²) >= 11 is 0. The smallest absolute Gasteiger partial charge is 0.376 e. The molecule has 0 spiro atoms. The minimum atomic E-state index is -2.77. The minimum absolute atomic E-state index is 0.00789. The van der Waals surface area contributed by atoms with Crippen LogP contribution in [0.25, 0.3) is 0 Å². The maximum Gasteiger partial charge on any atom is 0.510 e. The van der Waals surface area contributed by atoms with Crippen LogP contribution in [-0.4, -0.2) is 55.6 Å². The molecule has 1 aliphatic rings. The lowest BCUT2D eigenvalue weighted by Crippen LogP contribution is -2.51. The lowest BCUT2D eigenvalue weighted by molar-refractivity contribution is 0.0178. The second-order valence-corrected chi connectivity index (χ2v) is 7.91. The molecular formula is C14H28O5Si. The predicted molar refractivity (Wildman–Crippen MR) is 79.7 cm³/mol. The third kappa shape index (κ3) is 4.65. The number of epoxide rings is 1. The van der Waals surface area contributed by atoms with Crippen molar-refractivity contribution in [2.24, 2.45) is 0 Å². The molecule has 0 aromatic carbocycles. The molecule has 3 unspecified atom stereocenters. The van der Waals surface area contributed by atoms with E-state index in [1.165, 1.54) is 0 Å². The highest BCUT2D eigenvalue weighted by Gasteiger charge is 2.50. The van der Waals surface area contributed by atoms with Gasteiger partial charge in [-0.15, -0.1) is 0 Å². The van der Waals surface area contributed by atoms with Crippen molar-refractivity contribution in [2.45, 2.75) is 44.4 Å². The standard InChI is InChI=1S/C14H28O5Si/c1-6-8-9-14(20(15-3,16-4)17-5)13(7-2)19-11-12-10-18-12/h8-9,12-14H,6-7,10-11H2,1-5H3. The van der Waals surface area contributed by atoms with E-state index in [9.17, 15) is 0 Å². The topological polar surface area (TPSA) is 49.5 Å². The van der Waals surface area contributed by atoms with Crippen LogP contribution < -0.4 is 0 Å². The Balaban J connectivity index is 2.84. The number of allylic oxidation sites excluding steroid dienone is 1. The average Bonchev–Trinajstić information content (AvgIpc) is 3.30. The summed E-state index contributed by atoms with van der Waals surface area (Å²) in [5.41, 5.74) is -0.00815. The third-order valence-corrected chi connectivity index (χ3v) is 6.63. The lowest BCUT2D eigenvalue weighted by Gasteiger charge is -2.35. The first-order chi connectivity index (χ1) is 9.67. The van der Waals surface area contributed by atoms with Crippen LogP contribution in [-0.2, 0) is 22.8 Å². The van der Waals surface area contributed by atoms with E-state index in [-0.39, 0.29) is 17.7 Å². The first-order valence-corrected chi connectivity index (χ1v) is 9.02. The molecule has 20 heavy (non-hydrogen) atoms. The fraction of sp³-hybridized carbons (Fsp3) is 0.857. The van der Waals surface area contributed by atoms with Crippen LogP contribution in [0.3, 0.4) is 0 Å². The fourth-order valence-corrected chi connectivity index (χ4v) is 4.76. The Morgan fingerprint density at radius 3 is 2.20 bits per heavy atom. The quantitative estimate of drug-likeness (QED) is 0.333. The van der Waals surface area contributed by atoms with Gasteiger partial charge in [0.05, 0.1) is 24.9 Å². The van der Waals surface area contributed by atoms with Crippen molar-refractivity contribution in [3.8, 4) is 0 Å². The van der Waals surface area contributed by atoms with Gasteiger partial charge >= 0.3 is 8.80 Å². The number of hydrogen-bond donors (Lipinski definition) is 0. The van der Waals surface area contributed by atoms with Crippen molar-refractivity contribution in [3.63, 3.8) is 0 Å². The van der Waals surface area contributed by atoms with Crippen LogP contribution in [0.15, 0.2) is 12.2 Å². The van der Waals surface area contributed by atoms with Gasteiger partial charge in [-0.2, -0.15) is 0 Å². The minimum Gasteiger partial charge on any atom is -0.376 e. The number of hydrogen-bond acceptors (Lipinski definition) is 5. The summed E-state index contributed by atoms with van der Waals surface area (Å²) in [6.07, 6.45) is 6.32. The first kappa shape index (κ1) is 17.8. The van der Waals surface area contributed by atoms with Gasteiger partial charge in [0, 0.05) is 21.3 Å². The van der Waals surface area contributed by atoms with Crippen molar-refractivity contribution in [1.29, 1.82) is 0 Å². The first-order valence-electron chi connectivity index (χ1n) is 7.22. The summed E-state index contributed by atoms with van der Waals surface area (Å²) in [5, 5.41) is 0. The van der Waals surface area contributed by atoms with Gasteiger partial charge in [0.1, 0.15) is 6.10 Å². The molecule has 118 valence electrons. The van der Waals surface area contributed by atoms with Gasteiger partial charge in [0.25, 0.3) is 0 Å². The van der Waals surface area contributed by atoms with Crippen LogP contribution in [0.1, 0.15) is 26.7 Å². The van der Waals surface area contributed by atoms with E-state index in [2.05, 4.69) is 26.0 Å². The fourth-order valence-electron chi connectivity index (χ4n) is 2.28. The second kappa shape index (κ2) is 8.91. The maximum absolute atomic E-state index is 6.00. The normalized spacial score (nSPS) is 22.1. The molecule has 1 saturated heterocycles. The lowest BCUT2D eigenvalue weighted by atomic mass is 10.1. The molecule has 0 aromatic rings. The summed E-state index contributed by atoms with van der Waals surface area (Å²) < 4.78 is 28.1. The zero-order chi connectivity index (χ0) is 15.0. The molecule has 5 nitrogen and oxygen atoms in total. The van der Waals surface area contributed by atoms with Gasteiger partial charge in [-0.25, -0.2) is 0 Å². The highest BCUT2D eigenvalue weighted by molar-refractivity contribution is 6.63. The highest BCUT2D eigenvalue weighted by atomic mass is 28.4. The van der Waals surface area contributed by atoms with Crippen LogP contribution in [0, 0.1) is 0 Å². The SMILES string of the molecule is CCC=CC(C(CC)OCC1CO1)[Si](OC)(OC)OC. The van der Waals surface area contributed by atoms with Crippen LogP contribution in [0.4, 0.5) is 0 Å². The molecule has 1 fully saturated rings. The summed E-state index contributed by atoms with van der Waals surface area (Å²) in [6, 6.07) is 0. The van der Waals surface area contributed by atoms with Crippen LogP contribution >= 0.6 is 0 Å². The molecule has 0 radical (unpaired) electrons. The zero-order valence-corrected chi connectivity index (χ0v) is 14.3. The van der Waals surface area contributed by atoms with Crippen molar-refractivity contribution in [3.05, 3.63) is 12.2 Å². The maximum atomic E-state index is 6.00. The summed E-state index contributed by atoms with van der Waals surface area (Å²) in [6.45, 7) is 5.62. The molecule has 0 aromatic heterocycles. The van der Waals surface area contributed by atoms with Crippen molar-refractivity contribution < 1.29 is 22.8 Å². The Labute approximate surface area is 123 Å². The van der Waals surface area contributed by atoms with E-state index in [4.69, 9.17) is 22.8 Å². The van der Waals surface area contributed by atoms with Gasteiger partial charge in [-0.3, -0.25) is 0 Å². The van der Waals surface area contributed by atoms with Gasteiger partial charge in [0.15, 0.2) is 0 Å².